The zero-order valence-corrected chi connectivity index (χ0v) is 8.21. The van der Waals surface area contributed by atoms with Crippen LogP contribution in [0.15, 0.2) is 29.7 Å². The smallest absolute Gasteiger partial charge is 0.211 e. The van der Waals surface area contributed by atoms with Gasteiger partial charge in [0.15, 0.2) is 0 Å². The Morgan fingerprint density at radius 3 is 2.86 bits per heavy atom. The molecule has 0 radical (unpaired) electrons. The van der Waals surface area contributed by atoms with Crippen molar-refractivity contribution in [3.05, 3.63) is 24.7 Å². The van der Waals surface area contributed by atoms with Crippen molar-refractivity contribution in [3.8, 4) is 0 Å². The highest BCUT2D eigenvalue weighted by molar-refractivity contribution is 5.89. The number of methoxy groups -OCH3 is 1. The molecular weight excluding hydrogens is 180 g/mol. The molecule has 0 aliphatic carbocycles. The third kappa shape index (κ3) is 1.61. The summed E-state index contributed by atoms with van der Waals surface area (Å²) in [5.41, 5.74) is 1.03. The van der Waals surface area contributed by atoms with E-state index < -0.39 is 0 Å². The lowest BCUT2D eigenvalue weighted by molar-refractivity contribution is 0.403. The van der Waals surface area contributed by atoms with E-state index in [9.17, 15) is 0 Å². The summed E-state index contributed by atoms with van der Waals surface area (Å²) in [6.07, 6.45) is 7.51. The number of nitrogens with zero attached hydrogens (tertiary/aromatic N) is 4. The van der Waals surface area contributed by atoms with Crippen molar-refractivity contribution in [2.24, 2.45) is 12.0 Å². The highest BCUT2D eigenvalue weighted by Gasteiger charge is 2.08. The molecule has 0 unspecified atom stereocenters. The molecule has 0 fully saturated rings. The summed E-state index contributed by atoms with van der Waals surface area (Å²) in [7, 11) is 3.50. The van der Waals surface area contributed by atoms with E-state index in [-0.39, 0.29) is 0 Å². The molecule has 2 rings (SSSR count). The van der Waals surface area contributed by atoms with E-state index in [2.05, 4.69) is 10.1 Å². The Hall–Kier alpha value is -1.78. The third-order valence-corrected chi connectivity index (χ3v) is 2.01. The van der Waals surface area contributed by atoms with E-state index in [1.807, 2.05) is 30.4 Å². The maximum absolute atomic E-state index is 5.00. The van der Waals surface area contributed by atoms with Crippen LogP contribution in [-0.4, -0.2) is 29.5 Å². The summed E-state index contributed by atoms with van der Waals surface area (Å²) in [6.45, 7) is 0.575. The normalized spacial score (nSPS) is 15.6. The van der Waals surface area contributed by atoms with Crippen LogP contribution < -0.4 is 4.90 Å². The van der Waals surface area contributed by atoms with Crippen LogP contribution in [0, 0.1) is 0 Å². The number of aromatic nitrogens is 2. The van der Waals surface area contributed by atoms with E-state index in [1.165, 1.54) is 0 Å². The van der Waals surface area contributed by atoms with Gasteiger partial charge in [0, 0.05) is 25.5 Å². The predicted molar refractivity (Wildman–Crippen MR) is 54.1 cm³/mol. The van der Waals surface area contributed by atoms with Crippen molar-refractivity contribution in [2.45, 2.75) is 0 Å². The molecule has 14 heavy (non-hydrogen) atoms. The number of anilines is 1. The molecule has 1 aliphatic heterocycles. The monoisotopic (exact) mass is 192 g/mol. The molecule has 0 saturated heterocycles. The lowest BCUT2D eigenvalue weighted by Crippen LogP contribution is -2.21. The Balaban J connectivity index is 2.11. The number of aryl methyl sites for hydroxylation is 1. The van der Waals surface area contributed by atoms with Crippen LogP contribution in [-0.2, 0) is 11.8 Å². The molecule has 1 aromatic heterocycles. The SMILES string of the molecule is COC1=NCN(c2cnn(C)c2)C=C1. The van der Waals surface area contributed by atoms with Gasteiger partial charge >= 0.3 is 0 Å². The minimum Gasteiger partial charge on any atom is -0.481 e. The molecule has 0 N–H and O–H groups in total. The first kappa shape index (κ1) is 8.80. The molecule has 0 aromatic carbocycles. The first-order chi connectivity index (χ1) is 6.79. The number of hydrogen-bond donors (Lipinski definition) is 0. The van der Waals surface area contributed by atoms with Gasteiger partial charge in [-0.05, 0) is 0 Å². The fourth-order valence-corrected chi connectivity index (χ4v) is 1.26. The second-order valence-corrected chi connectivity index (χ2v) is 3.00. The Morgan fingerprint density at radius 1 is 1.50 bits per heavy atom. The van der Waals surface area contributed by atoms with E-state index in [1.54, 1.807) is 18.0 Å². The van der Waals surface area contributed by atoms with Crippen LogP contribution in [0.3, 0.4) is 0 Å². The molecule has 0 saturated carbocycles. The Labute approximate surface area is 82.3 Å². The van der Waals surface area contributed by atoms with E-state index in [0.717, 1.165) is 5.69 Å². The highest BCUT2D eigenvalue weighted by Crippen LogP contribution is 2.14. The minimum atomic E-state index is 0.575. The predicted octanol–water partition coefficient (Wildman–Crippen LogP) is 0.756. The molecule has 5 heteroatoms. The van der Waals surface area contributed by atoms with Crippen molar-refractivity contribution >= 4 is 11.6 Å². The number of hydrogen-bond acceptors (Lipinski definition) is 4. The molecule has 1 aliphatic rings. The van der Waals surface area contributed by atoms with Gasteiger partial charge in [-0.1, -0.05) is 0 Å². The topological polar surface area (TPSA) is 42.6 Å². The second-order valence-electron chi connectivity index (χ2n) is 3.00. The Kier molecular flexibility index (Phi) is 2.22. The minimum absolute atomic E-state index is 0.575. The zero-order chi connectivity index (χ0) is 9.97. The van der Waals surface area contributed by atoms with Crippen molar-refractivity contribution in [2.75, 3.05) is 18.7 Å². The summed E-state index contributed by atoms with van der Waals surface area (Å²) in [5.74, 6) is 0.658. The van der Waals surface area contributed by atoms with Gasteiger partial charge in [-0.15, -0.1) is 0 Å². The van der Waals surface area contributed by atoms with Crippen LogP contribution in [0.2, 0.25) is 0 Å². The largest absolute Gasteiger partial charge is 0.481 e. The standard InChI is InChI=1S/C9H12N4O/c1-12-6-8(5-11-12)13-4-3-9(14-2)10-7-13/h3-6H,7H2,1-2H3. The van der Waals surface area contributed by atoms with Gasteiger partial charge in [0.05, 0.1) is 19.0 Å². The quantitative estimate of drug-likeness (QED) is 0.659. The number of rotatable bonds is 1. The van der Waals surface area contributed by atoms with Gasteiger partial charge in [0.1, 0.15) is 6.67 Å². The summed E-state index contributed by atoms with van der Waals surface area (Å²) in [5, 5.41) is 4.09. The fourth-order valence-electron chi connectivity index (χ4n) is 1.26. The first-order valence-corrected chi connectivity index (χ1v) is 4.31. The van der Waals surface area contributed by atoms with Crippen LogP contribution >= 0.6 is 0 Å². The first-order valence-electron chi connectivity index (χ1n) is 4.31. The molecule has 0 amide bonds. The average Bonchev–Trinajstić information content (AvgIpc) is 2.65. The molecular formula is C9H12N4O. The molecule has 5 nitrogen and oxygen atoms in total. The van der Waals surface area contributed by atoms with E-state index in [4.69, 9.17) is 4.74 Å². The van der Waals surface area contributed by atoms with Crippen molar-refractivity contribution in [3.63, 3.8) is 0 Å². The average molecular weight is 192 g/mol. The van der Waals surface area contributed by atoms with Crippen LogP contribution in [0.25, 0.3) is 0 Å². The summed E-state index contributed by atoms with van der Waals surface area (Å²) < 4.78 is 6.76. The van der Waals surface area contributed by atoms with Gasteiger partial charge in [-0.2, -0.15) is 5.10 Å². The summed E-state index contributed by atoms with van der Waals surface area (Å²) in [4.78, 5) is 6.21. The molecule has 0 bridgehead atoms. The van der Waals surface area contributed by atoms with Gasteiger partial charge in [-0.3, -0.25) is 4.68 Å². The third-order valence-electron chi connectivity index (χ3n) is 2.01. The second kappa shape index (κ2) is 3.53. The van der Waals surface area contributed by atoms with Crippen molar-refractivity contribution in [1.29, 1.82) is 0 Å². The van der Waals surface area contributed by atoms with Gasteiger partial charge in [0.25, 0.3) is 0 Å². The molecule has 74 valence electrons. The highest BCUT2D eigenvalue weighted by atomic mass is 16.5. The summed E-state index contributed by atoms with van der Waals surface area (Å²) >= 11 is 0. The zero-order valence-electron chi connectivity index (χ0n) is 8.21. The van der Waals surface area contributed by atoms with Crippen molar-refractivity contribution < 1.29 is 4.74 Å². The van der Waals surface area contributed by atoms with Gasteiger partial charge in [0.2, 0.25) is 5.90 Å². The maximum atomic E-state index is 5.00. The van der Waals surface area contributed by atoms with E-state index >= 15 is 0 Å². The van der Waals surface area contributed by atoms with Crippen molar-refractivity contribution in [1.82, 2.24) is 9.78 Å². The van der Waals surface area contributed by atoms with Crippen LogP contribution in [0.4, 0.5) is 5.69 Å². The van der Waals surface area contributed by atoms with Gasteiger partial charge < -0.3 is 9.64 Å². The molecule has 0 spiro atoms. The Bertz CT molecular complexity index is 380. The fraction of sp³-hybridized carbons (Fsp3) is 0.333. The van der Waals surface area contributed by atoms with Crippen LogP contribution in [0.1, 0.15) is 0 Å². The van der Waals surface area contributed by atoms with E-state index in [0.29, 0.717) is 12.6 Å². The maximum Gasteiger partial charge on any atom is 0.211 e. The number of ether oxygens (including phenoxy) is 1. The lowest BCUT2D eigenvalue weighted by Gasteiger charge is -2.19. The van der Waals surface area contributed by atoms with Crippen LogP contribution in [0.5, 0.6) is 0 Å². The molecule has 0 atom stereocenters. The van der Waals surface area contributed by atoms with Gasteiger partial charge in [-0.25, -0.2) is 4.99 Å². The number of aliphatic imine (C=N–C) groups is 1. The summed E-state index contributed by atoms with van der Waals surface area (Å²) in [6, 6.07) is 0. The Morgan fingerprint density at radius 2 is 2.36 bits per heavy atom. The molecule has 2 heterocycles. The molecule has 1 aromatic rings. The lowest BCUT2D eigenvalue weighted by atomic mass is 10.4.